The summed E-state index contributed by atoms with van der Waals surface area (Å²) in [6, 6.07) is 4.01. The molecule has 0 aromatic carbocycles. The lowest BCUT2D eigenvalue weighted by Crippen LogP contribution is -2.39. The van der Waals surface area contributed by atoms with E-state index < -0.39 is 0 Å². The van der Waals surface area contributed by atoms with Crippen LogP contribution in [0.4, 0.5) is 5.82 Å². The van der Waals surface area contributed by atoms with Gasteiger partial charge >= 0.3 is 0 Å². The third-order valence-corrected chi connectivity index (χ3v) is 6.05. The van der Waals surface area contributed by atoms with Crippen molar-refractivity contribution in [3.63, 3.8) is 0 Å². The van der Waals surface area contributed by atoms with Crippen molar-refractivity contribution in [3.8, 4) is 0 Å². The Labute approximate surface area is 205 Å². The number of carbonyl (C=O) groups is 1. The molecule has 1 aliphatic heterocycles. The number of hydrogen-bond donors (Lipinski definition) is 2. The van der Waals surface area contributed by atoms with Gasteiger partial charge in [0, 0.05) is 49.7 Å². The average molecular weight is 558 g/mol. The van der Waals surface area contributed by atoms with Crippen molar-refractivity contribution < 1.29 is 4.79 Å². The van der Waals surface area contributed by atoms with Gasteiger partial charge in [-0.3, -0.25) is 4.79 Å². The zero-order valence-electron chi connectivity index (χ0n) is 18.4. The first kappa shape index (κ1) is 25.3. The standard InChI is InChI=1S/C21H31N7OS.HI/c1-4-23-21(27(3)13-18-14-30-15(2)26-18)25-12-17-6-5-9-24-20(17)28-10-7-16(8-11-28)19(22)29;/h5-6,9,14,16H,4,7-8,10-13H2,1-3H3,(H2,22,29)(H,23,25);1H. The van der Waals surface area contributed by atoms with Crippen LogP contribution in [-0.4, -0.2) is 53.4 Å². The number of amides is 1. The molecule has 1 fully saturated rings. The maximum absolute atomic E-state index is 11.5. The lowest BCUT2D eigenvalue weighted by Gasteiger charge is -2.32. The van der Waals surface area contributed by atoms with Gasteiger partial charge in [-0.2, -0.15) is 0 Å². The van der Waals surface area contributed by atoms with E-state index in [4.69, 9.17) is 10.7 Å². The minimum absolute atomic E-state index is 0. The van der Waals surface area contributed by atoms with Crippen molar-refractivity contribution in [2.24, 2.45) is 16.6 Å². The Morgan fingerprint density at radius 3 is 2.77 bits per heavy atom. The highest BCUT2D eigenvalue weighted by atomic mass is 127. The number of nitrogens with zero attached hydrogens (tertiary/aromatic N) is 5. The molecule has 0 bridgehead atoms. The van der Waals surface area contributed by atoms with Crippen molar-refractivity contribution in [1.29, 1.82) is 0 Å². The molecule has 0 aliphatic carbocycles. The first-order valence-electron chi connectivity index (χ1n) is 10.4. The lowest BCUT2D eigenvalue weighted by molar-refractivity contribution is -0.122. The predicted molar refractivity (Wildman–Crippen MR) is 137 cm³/mol. The number of aromatic nitrogens is 2. The second kappa shape index (κ2) is 12.2. The Balaban J connectivity index is 0.00000341. The zero-order chi connectivity index (χ0) is 21.5. The Hall–Kier alpha value is -1.95. The summed E-state index contributed by atoms with van der Waals surface area (Å²) in [4.78, 5) is 29.8. The summed E-state index contributed by atoms with van der Waals surface area (Å²) in [5, 5.41) is 6.52. The molecular formula is C21H32IN7OS. The van der Waals surface area contributed by atoms with Crippen molar-refractivity contribution in [2.45, 2.75) is 39.8 Å². The van der Waals surface area contributed by atoms with Crippen LogP contribution in [0.3, 0.4) is 0 Å². The van der Waals surface area contributed by atoms with E-state index in [0.717, 1.165) is 60.5 Å². The van der Waals surface area contributed by atoms with Crippen LogP contribution >= 0.6 is 35.3 Å². The van der Waals surface area contributed by atoms with E-state index in [2.05, 4.69) is 43.5 Å². The van der Waals surface area contributed by atoms with Crippen LogP contribution in [0.15, 0.2) is 28.7 Å². The van der Waals surface area contributed by atoms with Crippen molar-refractivity contribution in [3.05, 3.63) is 40.0 Å². The SMILES string of the molecule is CCNC(=NCc1cccnc1N1CCC(C(N)=O)CC1)N(C)Cc1csc(C)n1.I. The Bertz CT molecular complexity index is 880. The molecule has 31 heavy (non-hydrogen) atoms. The van der Waals surface area contributed by atoms with Gasteiger partial charge in [-0.25, -0.2) is 15.0 Å². The van der Waals surface area contributed by atoms with Gasteiger partial charge in [0.05, 0.1) is 23.8 Å². The van der Waals surface area contributed by atoms with Crippen LogP contribution < -0.4 is 16.0 Å². The van der Waals surface area contributed by atoms with Crippen LogP contribution in [0.2, 0.25) is 0 Å². The van der Waals surface area contributed by atoms with Crippen LogP contribution in [-0.2, 0) is 17.9 Å². The number of nitrogens with two attached hydrogens (primary N) is 1. The Morgan fingerprint density at radius 2 is 2.16 bits per heavy atom. The number of rotatable bonds is 7. The number of aliphatic imine (C=N–C) groups is 1. The van der Waals surface area contributed by atoms with Gasteiger partial charge in [0.15, 0.2) is 5.96 Å². The van der Waals surface area contributed by atoms with Crippen LogP contribution in [0.25, 0.3) is 0 Å². The number of primary amides is 1. The molecule has 0 spiro atoms. The molecule has 8 nitrogen and oxygen atoms in total. The van der Waals surface area contributed by atoms with Crippen molar-refractivity contribution >= 4 is 53.0 Å². The third kappa shape index (κ3) is 7.03. The molecule has 3 N–H and O–H groups in total. The number of nitrogens with one attached hydrogen (secondary N) is 1. The quantitative estimate of drug-likeness (QED) is 0.309. The molecule has 2 aromatic rings. The first-order chi connectivity index (χ1) is 14.5. The smallest absolute Gasteiger partial charge is 0.220 e. The highest BCUT2D eigenvalue weighted by molar-refractivity contribution is 14.0. The lowest BCUT2D eigenvalue weighted by atomic mass is 9.96. The monoisotopic (exact) mass is 557 g/mol. The van der Waals surface area contributed by atoms with Gasteiger partial charge in [0.1, 0.15) is 5.82 Å². The molecule has 10 heteroatoms. The highest BCUT2D eigenvalue weighted by Crippen LogP contribution is 2.25. The van der Waals surface area contributed by atoms with Crippen molar-refractivity contribution in [2.75, 3.05) is 31.6 Å². The van der Waals surface area contributed by atoms with E-state index in [1.165, 1.54) is 0 Å². The number of piperidine rings is 1. The molecule has 3 rings (SSSR count). The molecule has 0 radical (unpaired) electrons. The molecule has 1 amide bonds. The summed E-state index contributed by atoms with van der Waals surface area (Å²) in [5.74, 6) is 1.55. The summed E-state index contributed by atoms with van der Waals surface area (Å²) in [6.45, 7) is 7.67. The number of aryl methyl sites for hydroxylation is 1. The highest BCUT2D eigenvalue weighted by Gasteiger charge is 2.25. The number of halogens is 1. The number of carbonyl (C=O) groups excluding carboxylic acids is 1. The minimum atomic E-state index is -0.200. The van der Waals surface area contributed by atoms with Gasteiger partial charge in [-0.15, -0.1) is 35.3 Å². The number of thiazole rings is 1. The number of hydrogen-bond acceptors (Lipinski definition) is 6. The average Bonchev–Trinajstić information content (AvgIpc) is 3.15. The van der Waals surface area contributed by atoms with Crippen LogP contribution in [0.5, 0.6) is 0 Å². The maximum atomic E-state index is 11.5. The van der Waals surface area contributed by atoms with E-state index in [9.17, 15) is 4.79 Å². The van der Waals surface area contributed by atoms with Crippen LogP contribution in [0, 0.1) is 12.8 Å². The Morgan fingerprint density at radius 1 is 1.42 bits per heavy atom. The second-order valence-electron chi connectivity index (χ2n) is 7.53. The third-order valence-electron chi connectivity index (χ3n) is 5.23. The summed E-state index contributed by atoms with van der Waals surface area (Å²) in [6.07, 6.45) is 3.35. The number of guanidine groups is 1. The Kier molecular flexibility index (Phi) is 9.94. The molecule has 1 saturated heterocycles. The van der Waals surface area contributed by atoms with E-state index in [-0.39, 0.29) is 35.8 Å². The zero-order valence-corrected chi connectivity index (χ0v) is 21.5. The van der Waals surface area contributed by atoms with E-state index >= 15 is 0 Å². The number of anilines is 1. The van der Waals surface area contributed by atoms with Gasteiger partial charge < -0.3 is 20.9 Å². The van der Waals surface area contributed by atoms with Gasteiger partial charge in [0.25, 0.3) is 0 Å². The van der Waals surface area contributed by atoms with Gasteiger partial charge in [0.2, 0.25) is 5.91 Å². The van der Waals surface area contributed by atoms with Crippen LogP contribution in [0.1, 0.15) is 36.0 Å². The van der Waals surface area contributed by atoms with Crippen molar-refractivity contribution in [1.82, 2.24) is 20.2 Å². The fourth-order valence-corrected chi connectivity index (χ4v) is 4.25. The molecule has 0 unspecified atom stereocenters. The first-order valence-corrected chi connectivity index (χ1v) is 11.2. The summed E-state index contributed by atoms with van der Waals surface area (Å²) in [5.41, 5.74) is 7.59. The summed E-state index contributed by atoms with van der Waals surface area (Å²) >= 11 is 1.66. The minimum Gasteiger partial charge on any atom is -0.369 e. The molecular weight excluding hydrogens is 525 g/mol. The molecule has 1 aliphatic rings. The molecule has 170 valence electrons. The molecule has 0 atom stereocenters. The molecule has 3 heterocycles. The maximum Gasteiger partial charge on any atom is 0.220 e. The summed E-state index contributed by atoms with van der Waals surface area (Å²) in [7, 11) is 2.02. The second-order valence-corrected chi connectivity index (χ2v) is 8.60. The molecule has 0 saturated carbocycles. The fraction of sp³-hybridized carbons (Fsp3) is 0.524. The fourth-order valence-electron chi connectivity index (χ4n) is 3.64. The molecule has 2 aromatic heterocycles. The predicted octanol–water partition coefficient (Wildman–Crippen LogP) is 2.76. The van der Waals surface area contributed by atoms with E-state index in [0.29, 0.717) is 13.1 Å². The number of pyridine rings is 1. The normalized spacial score (nSPS) is 14.8. The largest absolute Gasteiger partial charge is 0.369 e. The van der Waals surface area contributed by atoms with Gasteiger partial charge in [-0.05, 0) is 32.8 Å². The topological polar surface area (TPSA) is 99.7 Å². The van der Waals surface area contributed by atoms with Gasteiger partial charge in [-0.1, -0.05) is 6.07 Å². The van der Waals surface area contributed by atoms with E-state index in [1.54, 1.807) is 11.3 Å². The summed E-state index contributed by atoms with van der Waals surface area (Å²) < 4.78 is 0. The van der Waals surface area contributed by atoms with E-state index in [1.807, 2.05) is 26.2 Å².